The highest BCUT2D eigenvalue weighted by Crippen LogP contribution is 2.37. The molecular weight excluding hydrogens is 248 g/mol. The molecule has 3 nitrogen and oxygen atoms in total. The zero-order valence-corrected chi connectivity index (χ0v) is 13.9. The van der Waals surface area contributed by atoms with E-state index in [2.05, 4.69) is 44.5 Å². The molecule has 102 valence electrons. The molecule has 17 heavy (non-hydrogen) atoms. The normalized spacial score (nSPS) is 18.3. The highest BCUT2D eigenvalue weighted by molar-refractivity contribution is 7.92. The van der Waals surface area contributed by atoms with Gasteiger partial charge in [0.2, 0.25) is 0 Å². The lowest BCUT2D eigenvalue weighted by Crippen LogP contribution is -2.38. The standard InChI is InChI=1S/C12H28N2OSSi/c1-8-9-11(2)10-16(13,15)14-17(6,7)12(3,4)5/h8,11H,1,9-10H2,2-7H3,(H2,13,14,15)/t11-,16?/m0/s1. The Hall–Kier alpha value is -0.133. The lowest BCUT2D eigenvalue weighted by molar-refractivity contribution is 0.635. The maximum absolute atomic E-state index is 12.3. The van der Waals surface area contributed by atoms with Crippen LogP contribution in [-0.4, -0.2) is 18.2 Å². The topological polar surface area (TPSA) is 55.5 Å². The van der Waals surface area contributed by atoms with E-state index in [1.807, 2.05) is 13.0 Å². The first-order chi connectivity index (χ1) is 7.41. The second-order valence-electron chi connectivity index (χ2n) is 6.39. The van der Waals surface area contributed by atoms with Crippen LogP contribution in [0.1, 0.15) is 34.1 Å². The fourth-order valence-corrected chi connectivity index (χ4v) is 6.76. The van der Waals surface area contributed by atoms with E-state index in [-0.39, 0.29) is 11.0 Å². The highest BCUT2D eigenvalue weighted by Gasteiger charge is 2.37. The van der Waals surface area contributed by atoms with Crippen LogP contribution in [0.5, 0.6) is 0 Å². The van der Waals surface area contributed by atoms with E-state index in [0.717, 1.165) is 6.42 Å². The average molecular weight is 277 g/mol. The van der Waals surface area contributed by atoms with Crippen molar-refractivity contribution in [1.82, 2.24) is 0 Å². The molecule has 0 aromatic heterocycles. The van der Waals surface area contributed by atoms with E-state index < -0.39 is 18.2 Å². The number of nitrogens with zero attached hydrogens (tertiary/aromatic N) is 1. The summed E-state index contributed by atoms with van der Waals surface area (Å²) in [5.74, 6) is 0.740. The molecule has 0 saturated heterocycles. The Bertz CT molecular complexity index is 376. The van der Waals surface area contributed by atoms with Crippen molar-refractivity contribution in [2.75, 3.05) is 5.75 Å². The molecule has 2 atom stereocenters. The Morgan fingerprint density at radius 3 is 2.29 bits per heavy atom. The quantitative estimate of drug-likeness (QED) is 0.606. The summed E-state index contributed by atoms with van der Waals surface area (Å²) in [6.45, 7) is 16.4. The van der Waals surface area contributed by atoms with Gasteiger partial charge in [-0.05, 0) is 30.5 Å². The molecular formula is C12H28N2OSSi. The lowest BCUT2D eigenvalue weighted by Gasteiger charge is -2.33. The van der Waals surface area contributed by atoms with Crippen LogP contribution in [0.25, 0.3) is 0 Å². The summed E-state index contributed by atoms with van der Waals surface area (Å²) >= 11 is 0. The SMILES string of the molecule is C=CC[C@H](C)CS(N)(=O)=N[Si](C)(C)C(C)(C)C. The van der Waals surface area contributed by atoms with Gasteiger partial charge in [0.15, 0.2) is 8.24 Å². The van der Waals surface area contributed by atoms with Gasteiger partial charge < -0.3 is 0 Å². The molecule has 1 unspecified atom stereocenters. The van der Waals surface area contributed by atoms with Crippen molar-refractivity contribution in [3.63, 3.8) is 0 Å². The van der Waals surface area contributed by atoms with Crippen LogP contribution in [0.15, 0.2) is 16.7 Å². The maximum atomic E-state index is 12.3. The van der Waals surface area contributed by atoms with Gasteiger partial charge in [0.25, 0.3) is 0 Å². The highest BCUT2D eigenvalue weighted by atomic mass is 32.2. The van der Waals surface area contributed by atoms with E-state index in [0.29, 0.717) is 5.75 Å². The van der Waals surface area contributed by atoms with Gasteiger partial charge in [-0.2, -0.15) is 0 Å². The van der Waals surface area contributed by atoms with Gasteiger partial charge >= 0.3 is 0 Å². The van der Waals surface area contributed by atoms with Gasteiger partial charge in [-0.3, -0.25) is 4.03 Å². The Morgan fingerprint density at radius 2 is 1.94 bits per heavy atom. The summed E-state index contributed by atoms with van der Waals surface area (Å²) in [5, 5.41) is 5.97. The summed E-state index contributed by atoms with van der Waals surface area (Å²) in [4.78, 5) is 0. The summed E-state index contributed by atoms with van der Waals surface area (Å²) in [5.41, 5.74) is 0. The summed E-state index contributed by atoms with van der Waals surface area (Å²) in [6.07, 6.45) is 2.67. The predicted octanol–water partition coefficient (Wildman–Crippen LogP) is 3.55. The van der Waals surface area contributed by atoms with E-state index in [4.69, 9.17) is 5.14 Å². The van der Waals surface area contributed by atoms with Crippen LogP contribution in [0.2, 0.25) is 18.1 Å². The second-order valence-corrected chi connectivity index (χ2v) is 13.4. The first kappa shape index (κ1) is 16.9. The smallest absolute Gasteiger partial charge is 0.194 e. The van der Waals surface area contributed by atoms with Gasteiger partial charge in [-0.15, -0.1) is 6.58 Å². The van der Waals surface area contributed by atoms with E-state index in [1.54, 1.807) is 0 Å². The number of hydrogen-bond donors (Lipinski definition) is 1. The number of allylic oxidation sites excluding steroid dienone is 1. The largest absolute Gasteiger partial charge is 0.265 e. The molecule has 0 aromatic rings. The molecule has 0 heterocycles. The summed E-state index contributed by atoms with van der Waals surface area (Å²) < 4.78 is 16.9. The summed E-state index contributed by atoms with van der Waals surface area (Å²) in [6, 6.07) is 0. The van der Waals surface area contributed by atoms with E-state index in [9.17, 15) is 4.21 Å². The van der Waals surface area contributed by atoms with Crippen LogP contribution >= 0.6 is 0 Å². The zero-order chi connectivity index (χ0) is 13.9. The molecule has 0 bridgehead atoms. The third-order valence-corrected chi connectivity index (χ3v) is 11.1. The van der Waals surface area contributed by atoms with Crippen LogP contribution < -0.4 is 5.14 Å². The van der Waals surface area contributed by atoms with Crippen molar-refractivity contribution in [2.24, 2.45) is 15.1 Å². The van der Waals surface area contributed by atoms with Crippen molar-refractivity contribution in [1.29, 1.82) is 0 Å². The van der Waals surface area contributed by atoms with Crippen LogP contribution in [-0.2, 0) is 9.92 Å². The Balaban J connectivity index is 5.05. The van der Waals surface area contributed by atoms with Crippen LogP contribution in [0.4, 0.5) is 0 Å². The molecule has 0 rings (SSSR count). The van der Waals surface area contributed by atoms with Gasteiger partial charge in [0, 0.05) is 5.75 Å². The average Bonchev–Trinajstić information content (AvgIpc) is 1.97. The number of rotatable bonds is 5. The molecule has 0 aliphatic rings. The van der Waals surface area contributed by atoms with E-state index in [1.165, 1.54) is 0 Å². The van der Waals surface area contributed by atoms with Crippen molar-refractivity contribution >= 4 is 18.2 Å². The first-order valence-corrected chi connectivity index (χ1v) is 10.8. The van der Waals surface area contributed by atoms with Gasteiger partial charge in [0.05, 0.1) is 9.92 Å². The Labute approximate surface area is 108 Å². The van der Waals surface area contributed by atoms with Gasteiger partial charge in [-0.25, -0.2) is 9.35 Å². The molecule has 0 aliphatic carbocycles. The van der Waals surface area contributed by atoms with Crippen molar-refractivity contribution in [3.8, 4) is 0 Å². The predicted molar refractivity (Wildman–Crippen MR) is 80.8 cm³/mol. The first-order valence-electron chi connectivity index (χ1n) is 6.06. The molecule has 5 heteroatoms. The molecule has 2 N–H and O–H groups in total. The molecule has 0 spiro atoms. The molecule has 0 radical (unpaired) electrons. The van der Waals surface area contributed by atoms with Crippen LogP contribution in [0, 0.1) is 5.92 Å². The van der Waals surface area contributed by atoms with Gasteiger partial charge in [-0.1, -0.05) is 33.8 Å². The third-order valence-electron chi connectivity index (χ3n) is 3.31. The second kappa shape index (κ2) is 5.67. The lowest BCUT2D eigenvalue weighted by atomic mass is 10.1. The minimum absolute atomic E-state index is 0.0801. The van der Waals surface area contributed by atoms with Gasteiger partial charge in [0.1, 0.15) is 0 Å². The fourth-order valence-electron chi connectivity index (χ4n) is 1.32. The Morgan fingerprint density at radius 1 is 1.47 bits per heavy atom. The van der Waals surface area contributed by atoms with Crippen molar-refractivity contribution < 1.29 is 4.21 Å². The molecule has 0 saturated carbocycles. The minimum Gasteiger partial charge on any atom is -0.265 e. The zero-order valence-electron chi connectivity index (χ0n) is 12.1. The van der Waals surface area contributed by atoms with E-state index >= 15 is 0 Å². The Kier molecular flexibility index (Phi) is 5.63. The number of hydrogen-bond acceptors (Lipinski definition) is 2. The van der Waals surface area contributed by atoms with Crippen molar-refractivity contribution in [2.45, 2.75) is 52.2 Å². The monoisotopic (exact) mass is 276 g/mol. The third kappa shape index (κ3) is 5.83. The van der Waals surface area contributed by atoms with Crippen LogP contribution in [0.3, 0.4) is 0 Å². The molecule has 0 aliphatic heterocycles. The maximum Gasteiger partial charge on any atom is 0.194 e. The molecule has 0 aromatic carbocycles. The summed E-state index contributed by atoms with van der Waals surface area (Å²) in [7, 11) is -4.49. The minimum atomic E-state index is -2.55. The fraction of sp³-hybridized carbons (Fsp3) is 0.833. The van der Waals surface area contributed by atoms with Crippen molar-refractivity contribution in [3.05, 3.63) is 12.7 Å². The molecule has 0 fully saturated rings. The molecule has 0 amide bonds. The number of nitrogens with two attached hydrogens (primary N) is 1.